The molecule has 1 saturated heterocycles. The Labute approximate surface area is 169 Å². The minimum absolute atomic E-state index is 0.0467. The molecule has 1 atom stereocenters. The van der Waals surface area contributed by atoms with Gasteiger partial charge in [-0.15, -0.1) is 0 Å². The summed E-state index contributed by atoms with van der Waals surface area (Å²) >= 11 is 1.53. The summed E-state index contributed by atoms with van der Waals surface area (Å²) in [5.41, 5.74) is 1.83. The Balaban J connectivity index is 2.04. The van der Waals surface area contributed by atoms with Crippen LogP contribution in [-0.4, -0.2) is 47.0 Å². The van der Waals surface area contributed by atoms with Gasteiger partial charge in [0.2, 0.25) is 5.91 Å². The van der Waals surface area contributed by atoms with Crippen molar-refractivity contribution in [2.75, 3.05) is 12.9 Å². The predicted molar refractivity (Wildman–Crippen MR) is 111 cm³/mol. The van der Waals surface area contributed by atoms with Crippen LogP contribution in [0.3, 0.4) is 0 Å². The number of thioether (sulfide) groups is 1. The zero-order valence-electron chi connectivity index (χ0n) is 16.5. The summed E-state index contributed by atoms with van der Waals surface area (Å²) < 4.78 is 10.8. The largest absolute Gasteiger partial charge is 0.496 e. The molecule has 2 heterocycles. The fourth-order valence-electron chi connectivity index (χ4n) is 3.16. The Morgan fingerprint density at radius 1 is 1.36 bits per heavy atom. The number of carbonyl (C=O) groups excluding carboxylic acids is 2. The molecule has 1 amide bonds. The molecule has 7 heteroatoms. The molecule has 0 radical (unpaired) electrons. The molecule has 0 spiro atoms. The first-order valence-corrected chi connectivity index (χ1v) is 10.2. The van der Waals surface area contributed by atoms with Crippen molar-refractivity contribution in [3.63, 3.8) is 0 Å². The van der Waals surface area contributed by atoms with Gasteiger partial charge in [0.15, 0.2) is 5.17 Å². The van der Waals surface area contributed by atoms with Crippen molar-refractivity contribution in [3.8, 4) is 5.75 Å². The number of esters is 1. The van der Waals surface area contributed by atoms with Crippen LogP contribution in [0, 0.1) is 0 Å². The first kappa shape index (κ1) is 20.2. The fraction of sp³-hybridized carbons (Fsp3) is 0.381. The van der Waals surface area contributed by atoms with Gasteiger partial charge in [-0.2, -0.15) is 0 Å². The molecule has 0 N–H and O–H groups in total. The average molecular weight is 401 g/mol. The smallest absolute Gasteiger partial charge is 0.338 e. The minimum atomic E-state index is -0.566. The zero-order valence-corrected chi connectivity index (χ0v) is 17.3. The van der Waals surface area contributed by atoms with Gasteiger partial charge < -0.3 is 9.47 Å². The third-order valence-corrected chi connectivity index (χ3v) is 5.36. The lowest BCUT2D eigenvalue weighted by molar-refractivity contribution is -0.143. The number of amides is 1. The maximum absolute atomic E-state index is 12.8. The Kier molecular flexibility index (Phi) is 6.24. The van der Waals surface area contributed by atoms with Crippen LogP contribution in [0.5, 0.6) is 5.75 Å². The minimum Gasteiger partial charge on any atom is -0.496 e. The summed E-state index contributed by atoms with van der Waals surface area (Å²) in [7, 11) is 1.61. The van der Waals surface area contributed by atoms with Crippen LogP contribution < -0.4 is 4.74 Å². The van der Waals surface area contributed by atoms with Crippen molar-refractivity contribution in [1.82, 2.24) is 4.90 Å². The Morgan fingerprint density at radius 2 is 2.11 bits per heavy atom. The van der Waals surface area contributed by atoms with E-state index in [0.717, 1.165) is 11.3 Å². The van der Waals surface area contributed by atoms with Gasteiger partial charge in [0.05, 0.1) is 30.5 Å². The lowest BCUT2D eigenvalue weighted by Crippen LogP contribution is -2.49. The summed E-state index contributed by atoms with van der Waals surface area (Å²) in [4.78, 5) is 31.6. The van der Waals surface area contributed by atoms with E-state index in [0.29, 0.717) is 28.6 Å². The number of hydrogen-bond acceptors (Lipinski definition) is 6. The van der Waals surface area contributed by atoms with Gasteiger partial charge in [0, 0.05) is 17.7 Å². The molecule has 1 unspecified atom stereocenters. The number of fused-ring (bicyclic) bond motifs is 1. The standard InChI is InChI=1S/C21H24N2O4S/c1-13(2)27-20(25)19-14(3)22-21-23(18(24)11-12-28-21)16(19)10-9-15-7-5-6-8-17(15)26-4/h5-10,13,16H,11-12H2,1-4H3/b10-9+. The number of allylic oxidation sites excluding steroid dienone is 1. The van der Waals surface area contributed by atoms with Crippen molar-refractivity contribution in [2.45, 2.75) is 39.3 Å². The molecule has 0 aromatic heterocycles. The van der Waals surface area contributed by atoms with Crippen LogP contribution >= 0.6 is 11.8 Å². The highest BCUT2D eigenvalue weighted by atomic mass is 32.2. The molecule has 1 fully saturated rings. The molecule has 1 aromatic rings. The normalized spacial score (nSPS) is 19.8. The Bertz CT molecular complexity index is 873. The van der Waals surface area contributed by atoms with Crippen LogP contribution in [0.1, 0.15) is 32.8 Å². The average Bonchev–Trinajstić information content (AvgIpc) is 2.65. The van der Waals surface area contributed by atoms with E-state index in [2.05, 4.69) is 4.99 Å². The number of aliphatic imine (C=N–C) groups is 1. The molecule has 2 aliphatic heterocycles. The van der Waals surface area contributed by atoms with E-state index in [1.165, 1.54) is 11.8 Å². The highest BCUT2D eigenvalue weighted by molar-refractivity contribution is 8.14. The molecule has 28 heavy (non-hydrogen) atoms. The summed E-state index contributed by atoms with van der Waals surface area (Å²) in [6, 6.07) is 7.02. The second kappa shape index (κ2) is 8.65. The Hall–Kier alpha value is -2.54. The van der Waals surface area contributed by atoms with Gasteiger partial charge in [-0.3, -0.25) is 9.69 Å². The van der Waals surface area contributed by atoms with Crippen LogP contribution in [0.2, 0.25) is 0 Å². The summed E-state index contributed by atoms with van der Waals surface area (Å²) in [6.07, 6.45) is 3.86. The number of amidine groups is 1. The lowest BCUT2D eigenvalue weighted by Gasteiger charge is -2.37. The number of ether oxygens (including phenoxy) is 2. The number of nitrogens with zero attached hydrogens (tertiary/aromatic N) is 2. The molecular weight excluding hydrogens is 376 g/mol. The highest BCUT2D eigenvalue weighted by Crippen LogP contribution is 2.33. The summed E-state index contributed by atoms with van der Waals surface area (Å²) in [5, 5.41) is 0.629. The molecule has 0 bridgehead atoms. The van der Waals surface area contributed by atoms with Gasteiger partial charge in [0.1, 0.15) is 5.75 Å². The number of para-hydroxylation sites is 1. The van der Waals surface area contributed by atoms with Gasteiger partial charge in [-0.1, -0.05) is 42.1 Å². The van der Waals surface area contributed by atoms with E-state index >= 15 is 0 Å². The van der Waals surface area contributed by atoms with Crippen molar-refractivity contribution in [1.29, 1.82) is 0 Å². The second-order valence-corrected chi connectivity index (χ2v) is 7.82. The van der Waals surface area contributed by atoms with Gasteiger partial charge in [-0.25, -0.2) is 9.79 Å². The molecule has 2 aliphatic rings. The predicted octanol–water partition coefficient (Wildman–Crippen LogP) is 3.64. The molecule has 3 rings (SSSR count). The zero-order chi connectivity index (χ0) is 20.3. The number of methoxy groups -OCH3 is 1. The van der Waals surface area contributed by atoms with Crippen LogP contribution in [-0.2, 0) is 14.3 Å². The van der Waals surface area contributed by atoms with Crippen LogP contribution in [0.15, 0.2) is 46.6 Å². The lowest BCUT2D eigenvalue weighted by atomic mass is 10.00. The van der Waals surface area contributed by atoms with Gasteiger partial charge >= 0.3 is 5.97 Å². The number of rotatable bonds is 5. The van der Waals surface area contributed by atoms with Gasteiger partial charge in [0.25, 0.3) is 0 Å². The molecule has 0 saturated carbocycles. The number of hydrogen-bond donors (Lipinski definition) is 0. The third-order valence-electron chi connectivity index (χ3n) is 4.41. The molecule has 148 valence electrons. The van der Waals surface area contributed by atoms with Crippen molar-refractivity contribution in [2.24, 2.45) is 4.99 Å². The van der Waals surface area contributed by atoms with E-state index in [1.807, 2.05) is 36.4 Å². The van der Waals surface area contributed by atoms with E-state index < -0.39 is 12.0 Å². The SMILES string of the molecule is COc1ccccc1/C=C/C1C(C(=O)OC(C)C)=C(C)N=C2SCCC(=O)N21. The van der Waals surface area contributed by atoms with E-state index in [9.17, 15) is 9.59 Å². The van der Waals surface area contributed by atoms with Crippen molar-refractivity contribution in [3.05, 3.63) is 47.2 Å². The summed E-state index contributed by atoms with van der Waals surface area (Å²) in [6.45, 7) is 5.38. The fourth-order valence-corrected chi connectivity index (χ4v) is 4.18. The molecular formula is C21H24N2O4S. The first-order valence-electron chi connectivity index (χ1n) is 9.19. The van der Waals surface area contributed by atoms with Crippen molar-refractivity contribution < 1.29 is 19.1 Å². The maximum atomic E-state index is 12.8. The van der Waals surface area contributed by atoms with Gasteiger partial charge in [-0.05, 0) is 26.8 Å². The van der Waals surface area contributed by atoms with E-state index in [-0.39, 0.29) is 12.0 Å². The Morgan fingerprint density at radius 3 is 2.82 bits per heavy atom. The first-order chi connectivity index (χ1) is 13.4. The number of carbonyl (C=O) groups is 2. The molecule has 1 aromatic carbocycles. The highest BCUT2D eigenvalue weighted by Gasteiger charge is 2.39. The second-order valence-electron chi connectivity index (χ2n) is 6.76. The molecule has 0 aliphatic carbocycles. The van der Waals surface area contributed by atoms with E-state index in [1.54, 1.807) is 32.8 Å². The van der Waals surface area contributed by atoms with Crippen LogP contribution in [0.25, 0.3) is 6.08 Å². The van der Waals surface area contributed by atoms with E-state index in [4.69, 9.17) is 9.47 Å². The monoisotopic (exact) mass is 400 g/mol. The topological polar surface area (TPSA) is 68.2 Å². The summed E-state index contributed by atoms with van der Waals surface area (Å²) in [5.74, 6) is 0.911. The quantitative estimate of drug-likeness (QED) is 0.706. The third kappa shape index (κ3) is 4.14. The number of benzene rings is 1. The van der Waals surface area contributed by atoms with Crippen molar-refractivity contribution >= 4 is 34.9 Å². The maximum Gasteiger partial charge on any atom is 0.338 e. The van der Waals surface area contributed by atoms with Crippen LogP contribution in [0.4, 0.5) is 0 Å². The molecule has 6 nitrogen and oxygen atoms in total.